The first-order valence-electron chi connectivity index (χ1n) is 7.75. The molecule has 0 unspecified atom stereocenters. The number of carbonyl (C=O) groups excluding carboxylic acids is 1. The Morgan fingerprint density at radius 2 is 1.73 bits per heavy atom. The number of carbonyl (C=O) groups is 1. The van der Waals surface area contributed by atoms with E-state index in [0.717, 1.165) is 0 Å². The highest BCUT2D eigenvalue weighted by Gasteiger charge is 2.11. The minimum atomic E-state index is -0.582. The molecule has 0 radical (unpaired) electrons. The lowest BCUT2D eigenvalue weighted by atomic mass is 10.2. The molecule has 0 aliphatic rings. The number of amides is 1. The van der Waals surface area contributed by atoms with Crippen LogP contribution in [0.5, 0.6) is 5.75 Å². The van der Waals surface area contributed by atoms with E-state index in [2.05, 4.69) is 5.32 Å². The lowest BCUT2D eigenvalue weighted by Crippen LogP contribution is -2.13. The minimum absolute atomic E-state index is 0.0289. The van der Waals surface area contributed by atoms with Crippen LogP contribution in [0.4, 0.5) is 14.5 Å². The van der Waals surface area contributed by atoms with Gasteiger partial charge in [0, 0.05) is 11.3 Å². The molecular formula is C20H14ClF2NO2. The summed E-state index contributed by atoms with van der Waals surface area (Å²) in [6.45, 7) is 0.181. The largest absolute Gasteiger partial charge is 0.489 e. The van der Waals surface area contributed by atoms with Crippen molar-refractivity contribution in [2.24, 2.45) is 0 Å². The Bertz CT molecular complexity index is 929. The summed E-state index contributed by atoms with van der Waals surface area (Å²) in [6.07, 6.45) is 0. The predicted octanol–water partition coefficient (Wildman–Crippen LogP) is 5.45. The number of benzene rings is 3. The summed E-state index contributed by atoms with van der Waals surface area (Å²) in [5, 5.41) is 2.91. The summed E-state index contributed by atoms with van der Waals surface area (Å²) in [5.41, 5.74) is 1.13. The van der Waals surface area contributed by atoms with Gasteiger partial charge in [-0.15, -0.1) is 0 Å². The monoisotopic (exact) mass is 373 g/mol. The Hall–Kier alpha value is -2.92. The van der Waals surface area contributed by atoms with Crippen molar-refractivity contribution in [1.82, 2.24) is 0 Å². The van der Waals surface area contributed by atoms with Crippen LogP contribution >= 0.6 is 11.6 Å². The van der Waals surface area contributed by atoms with Crippen LogP contribution in [0.1, 0.15) is 15.9 Å². The van der Waals surface area contributed by atoms with Crippen molar-refractivity contribution >= 4 is 23.2 Å². The quantitative estimate of drug-likeness (QED) is 0.645. The summed E-state index contributed by atoms with van der Waals surface area (Å²) in [7, 11) is 0. The van der Waals surface area contributed by atoms with Gasteiger partial charge in [0.2, 0.25) is 0 Å². The predicted molar refractivity (Wildman–Crippen MR) is 96.5 cm³/mol. The molecule has 0 bridgehead atoms. The molecule has 1 N–H and O–H groups in total. The van der Waals surface area contributed by atoms with E-state index in [0.29, 0.717) is 22.0 Å². The van der Waals surface area contributed by atoms with Gasteiger partial charge in [-0.25, -0.2) is 8.78 Å². The smallest absolute Gasteiger partial charge is 0.258 e. The van der Waals surface area contributed by atoms with Crippen molar-refractivity contribution in [1.29, 1.82) is 0 Å². The lowest BCUT2D eigenvalue weighted by Gasteiger charge is -2.10. The summed E-state index contributed by atoms with van der Waals surface area (Å²) in [5.74, 6) is -0.973. The van der Waals surface area contributed by atoms with Crippen molar-refractivity contribution in [3.8, 4) is 5.75 Å². The zero-order valence-electron chi connectivity index (χ0n) is 13.5. The molecule has 0 spiro atoms. The second kappa shape index (κ2) is 7.97. The van der Waals surface area contributed by atoms with Gasteiger partial charge < -0.3 is 10.1 Å². The van der Waals surface area contributed by atoms with Gasteiger partial charge in [0.05, 0.1) is 10.6 Å². The molecular weight excluding hydrogens is 360 g/mol. The molecule has 0 aromatic heterocycles. The molecule has 0 fully saturated rings. The summed E-state index contributed by atoms with van der Waals surface area (Å²) in [6, 6.07) is 16.4. The summed E-state index contributed by atoms with van der Waals surface area (Å²) >= 11 is 5.95. The van der Waals surface area contributed by atoms with E-state index in [4.69, 9.17) is 16.3 Å². The maximum Gasteiger partial charge on any atom is 0.258 e. The maximum atomic E-state index is 13.6. The van der Waals surface area contributed by atoms with Crippen LogP contribution in [0.2, 0.25) is 5.02 Å². The molecule has 3 rings (SSSR count). The van der Waals surface area contributed by atoms with E-state index < -0.39 is 17.5 Å². The molecule has 0 saturated heterocycles. The third-order valence-electron chi connectivity index (χ3n) is 3.64. The molecule has 1 amide bonds. The van der Waals surface area contributed by atoms with E-state index in [-0.39, 0.29) is 12.2 Å². The first-order valence-corrected chi connectivity index (χ1v) is 8.13. The zero-order chi connectivity index (χ0) is 18.5. The number of halogens is 3. The number of anilines is 1. The topological polar surface area (TPSA) is 38.3 Å². The van der Waals surface area contributed by atoms with Crippen molar-refractivity contribution in [3.05, 3.63) is 94.5 Å². The van der Waals surface area contributed by atoms with Crippen molar-refractivity contribution in [2.45, 2.75) is 6.61 Å². The van der Waals surface area contributed by atoms with E-state index in [1.54, 1.807) is 36.4 Å². The van der Waals surface area contributed by atoms with Gasteiger partial charge in [-0.3, -0.25) is 4.79 Å². The van der Waals surface area contributed by atoms with Gasteiger partial charge >= 0.3 is 0 Å². The van der Waals surface area contributed by atoms with Gasteiger partial charge in [-0.2, -0.15) is 0 Å². The molecule has 0 atom stereocenters. The number of hydrogen-bond acceptors (Lipinski definition) is 2. The van der Waals surface area contributed by atoms with Crippen LogP contribution in [0.3, 0.4) is 0 Å². The Morgan fingerprint density at radius 3 is 2.42 bits per heavy atom. The van der Waals surface area contributed by atoms with Crippen LogP contribution in [-0.4, -0.2) is 5.91 Å². The molecule has 0 aliphatic heterocycles. The molecule has 0 saturated carbocycles. The number of rotatable bonds is 5. The highest BCUT2D eigenvalue weighted by atomic mass is 35.5. The average Bonchev–Trinajstić information content (AvgIpc) is 2.62. The van der Waals surface area contributed by atoms with Crippen molar-refractivity contribution in [2.75, 3.05) is 5.32 Å². The summed E-state index contributed by atoms with van der Waals surface area (Å²) < 4.78 is 32.2. The average molecular weight is 374 g/mol. The van der Waals surface area contributed by atoms with E-state index >= 15 is 0 Å². The van der Waals surface area contributed by atoms with Gasteiger partial charge in [0.1, 0.15) is 24.0 Å². The van der Waals surface area contributed by atoms with Crippen LogP contribution in [0, 0.1) is 11.6 Å². The second-order valence-electron chi connectivity index (χ2n) is 5.48. The number of nitrogens with one attached hydrogen (secondary N) is 1. The van der Waals surface area contributed by atoms with Crippen LogP contribution in [0.25, 0.3) is 0 Å². The first kappa shape index (κ1) is 17.9. The third-order valence-corrected chi connectivity index (χ3v) is 3.99. The third kappa shape index (κ3) is 4.37. The Labute approximate surface area is 154 Å². The standard InChI is InChI=1S/C20H14ClF2NO2/c21-18-11-14(22)6-5-13(18)12-26-16-9-7-15(8-10-16)24-20(25)17-3-1-2-4-19(17)23/h1-11H,12H2,(H,24,25). The van der Waals surface area contributed by atoms with E-state index in [1.807, 2.05) is 0 Å². The Morgan fingerprint density at radius 1 is 1.00 bits per heavy atom. The number of hydrogen-bond donors (Lipinski definition) is 1. The van der Waals surface area contributed by atoms with Crippen LogP contribution in [-0.2, 0) is 6.61 Å². The van der Waals surface area contributed by atoms with Crippen LogP contribution < -0.4 is 10.1 Å². The van der Waals surface area contributed by atoms with Crippen LogP contribution in [0.15, 0.2) is 66.7 Å². The molecule has 0 aliphatic carbocycles. The minimum Gasteiger partial charge on any atom is -0.489 e. The molecule has 3 nitrogen and oxygen atoms in total. The molecule has 132 valence electrons. The normalized spacial score (nSPS) is 10.4. The molecule has 26 heavy (non-hydrogen) atoms. The lowest BCUT2D eigenvalue weighted by molar-refractivity contribution is 0.102. The SMILES string of the molecule is O=C(Nc1ccc(OCc2ccc(F)cc2Cl)cc1)c1ccccc1F. The molecule has 0 heterocycles. The molecule has 3 aromatic carbocycles. The van der Waals surface area contributed by atoms with E-state index in [1.165, 1.54) is 30.3 Å². The van der Waals surface area contributed by atoms with Gasteiger partial charge in [-0.05, 0) is 48.5 Å². The fourth-order valence-electron chi connectivity index (χ4n) is 2.28. The number of ether oxygens (including phenoxy) is 1. The van der Waals surface area contributed by atoms with Crippen molar-refractivity contribution < 1.29 is 18.3 Å². The highest BCUT2D eigenvalue weighted by Crippen LogP contribution is 2.21. The second-order valence-corrected chi connectivity index (χ2v) is 5.89. The fourth-order valence-corrected chi connectivity index (χ4v) is 2.50. The Kier molecular flexibility index (Phi) is 5.49. The van der Waals surface area contributed by atoms with Gasteiger partial charge in [-0.1, -0.05) is 29.8 Å². The molecule has 3 aromatic rings. The Balaban J connectivity index is 1.61. The van der Waals surface area contributed by atoms with Crippen molar-refractivity contribution in [3.63, 3.8) is 0 Å². The summed E-state index contributed by atoms with van der Waals surface area (Å²) in [4.78, 5) is 12.1. The zero-order valence-corrected chi connectivity index (χ0v) is 14.3. The van der Waals surface area contributed by atoms with E-state index in [9.17, 15) is 13.6 Å². The van der Waals surface area contributed by atoms with Gasteiger partial charge in [0.25, 0.3) is 5.91 Å². The first-order chi connectivity index (χ1) is 12.5. The maximum absolute atomic E-state index is 13.6. The van der Waals surface area contributed by atoms with Gasteiger partial charge in [0.15, 0.2) is 0 Å². The highest BCUT2D eigenvalue weighted by molar-refractivity contribution is 6.31. The fraction of sp³-hybridized carbons (Fsp3) is 0.0500. The molecule has 6 heteroatoms.